The van der Waals surface area contributed by atoms with Crippen LogP contribution in [0.5, 0.6) is 0 Å². The number of nitrogens with one attached hydrogen (secondary N) is 3. The predicted molar refractivity (Wildman–Crippen MR) is 149 cm³/mol. The molecule has 0 saturated carbocycles. The fraction of sp³-hybridized carbons (Fsp3) is 0.393. The maximum absolute atomic E-state index is 12.5. The number of rotatable bonds is 10. The Hall–Kier alpha value is -4.06. The summed E-state index contributed by atoms with van der Waals surface area (Å²) in [6, 6.07) is 14.7. The summed E-state index contributed by atoms with van der Waals surface area (Å²) in [4.78, 5) is 60.9. The summed E-state index contributed by atoms with van der Waals surface area (Å²) in [6.07, 6.45) is -1.62. The minimum atomic E-state index is -1.19. The van der Waals surface area contributed by atoms with E-state index in [1.54, 1.807) is 20.8 Å². The molecule has 40 heavy (non-hydrogen) atoms. The molecule has 3 amide bonds. The first-order chi connectivity index (χ1) is 19.0. The molecule has 0 bridgehead atoms. The van der Waals surface area contributed by atoms with Gasteiger partial charge in [0.05, 0.1) is 13.7 Å². The Balaban J connectivity index is 1.49. The van der Waals surface area contributed by atoms with Crippen LogP contribution in [-0.4, -0.2) is 73.4 Å². The molecule has 0 aliphatic heterocycles. The van der Waals surface area contributed by atoms with Gasteiger partial charge in [-0.1, -0.05) is 60.3 Å². The Morgan fingerprint density at radius 1 is 0.875 bits per heavy atom. The molecular formula is C28H33N3O8S. The van der Waals surface area contributed by atoms with Gasteiger partial charge in [-0.2, -0.15) is 0 Å². The van der Waals surface area contributed by atoms with Gasteiger partial charge in [-0.05, 0) is 43.0 Å². The Bertz CT molecular complexity index is 1210. The molecule has 0 fully saturated rings. The summed E-state index contributed by atoms with van der Waals surface area (Å²) in [6.45, 7) is 4.31. The topological polar surface area (TPSA) is 149 Å². The first-order valence-electron chi connectivity index (χ1n) is 12.6. The second kappa shape index (κ2) is 13.8. The van der Waals surface area contributed by atoms with Crippen LogP contribution in [-0.2, 0) is 28.6 Å². The number of carbonyl (C=O) groups excluding carboxylic acids is 5. The third-order valence-electron chi connectivity index (χ3n) is 5.77. The second-order valence-corrected chi connectivity index (χ2v) is 10.9. The Morgan fingerprint density at radius 3 is 2.05 bits per heavy atom. The number of carbonyl (C=O) groups is 5. The van der Waals surface area contributed by atoms with Crippen LogP contribution in [0.2, 0.25) is 0 Å². The number of ether oxygens (including phenoxy) is 3. The average Bonchev–Trinajstić information content (AvgIpc) is 3.24. The van der Waals surface area contributed by atoms with Gasteiger partial charge >= 0.3 is 18.2 Å². The molecule has 2 aromatic rings. The number of amides is 3. The number of hydrogen-bond acceptors (Lipinski definition) is 9. The third-order valence-corrected chi connectivity index (χ3v) is 6.74. The van der Waals surface area contributed by atoms with Crippen molar-refractivity contribution in [2.24, 2.45) is 0 Å². The number of fused-ring (bicyclic) bond motifs is 3. The fourth-order valence-corrected chi connectivity index (χ4v) is 4.77. The molecule has 0 unspecified atom stereocenters. The average molecular weight is 572 g/mol. The highest BCUT2D eigenvalue weighted by Crippen LogP contribution is 2.44. The number of thioether (sulfide) groups is 1. The van der Waals surface area contributed by atoms with Gasteiger partial charge in [0.15, 0.2) is 0 Å². The summed E-state index contributed by atoms with van der Waals surface area (Å²) < 4.78 is 15.1. The highest BCUT2D eigenvalue weighted by Gasteiger charge is 2.29. The molecule has 3 rings (SSSR count). The molecular weight excluding hydrogens is 538 g/mol. The van der Waals surface area contributed by atoms with Gasteiger partial charge in [-0.3, -0.25) is 14.4 Å². The van der Waals surface area contributed by atoms with Gasteiger partial charge in [0, 0.05) is 11.7 Å². The molecule has 0 heterocycles. The van der Waals surface area contributed by atoms with E-state index >= 15 is 0 Å². The normalized spacial score (nSPS) is 12.8. The Labute approximate surface area is 236 Å². The molecule has 214 valence electrons. The molecule has 2 aromatic carbocycles. The predicted octanol–water partition coefficient (Wildman–Crippen LogP) is 2.97. The molecule has 1 atom stereocenters. The lowest BCUT2D eigenvalue weighted by Gasteiger charge is -2.23. The number of benzene rings is 2. The SMILES string of the molecule is COC(=O)CNC(=O)[C@H](CSC(=O)CNC(=O)OCC1c2ccccc2-c2ccccc21)NC(=O)OC(C)(C)C. The van der Waals surface area contributed by atoms with E-state index in [4.69, 9.17) is 9.47 Å². The highest BCUT2D eigenvalue weighted by molar-refractivity contribution is 8.13. The van der Waals surface area contributed by atoms with Crippen LogP contribution in [0.1, 0.15) is 37.8 Å². The molecule has 1 aliphatic carbocycles. The van der Waals surface area contributed by atoms with Gasteiger partial charge in [0.25, 0.3) is 0 Å². The zero-order valence-electron chi connectivity index (χ0n) is 22.8. The first kappa shape index (κ1) is 30.5. The maximum atomic E-state index is 12.5. The molecule has 1 aliphatic rings. The van der Waals surface area contributed by atoms with Crippen molar-refractivity contribution in [2.45, 2.75) is 38.3 Å². The van der Waals surface area contributed by atoms with Gasteiger partial charge in [0.1, 0.15) is 24.8 Å². The van der Waals surface area contributed by atoms with E-state index in [1.165, 1.54) is 7.11 Å². The molecule has 0 aromatic heterocycles. The second-order valence-electron chi connectivity index (χ2n) is 9.85. The Morgan fingerprint density at radius 2 is 1.48 bits per heavy atom. The minimum Gasteiger partial charge on any atom is -0.468 e. The van der Waals surface area contributed by atoms with Crippen molar-refractivity contribution in [2.75, 3.05) is 32.6 Å². The molecule has 0 radical (unpaired) electrons. The van der Waals surface area contributed by atoms with Gasteiger partial charge < -0.3 is 30.2 Å². The van der Waals surface area contributed by atoms with E-state index in [-0.39, 0.29) is 24.8 Å². The smallest absolute Gasteiger partial charge is 0.408 e. The highest BCUT2D eigenvalue weighted by atomic mass is 32.2. The summed E-state index contributed by atoms with van der Waals surface area (Å²) in [5.41, 5.74) is 3.52. The molecule has 11 nitrogen and oxygen atoms in total. The Kier molecular flexibility index (Phi) is 10.5. The third kappa shape index (κ3) is 8.73. The van der Waals surface area contributed by atoms with Gasteiger partial charge in [-0.15, -0.1) is 0 Å². The largest absolute Gasteiger partial charge is 0.468 e. The van der Waals surface area contributed by atoms with Crippen LogP contribution < -0.4 is 16.0 Å². The molecule has 0 saturated heterocycles. The van der Waals surface area contributed by atoms with Gasteiger partial charge in [-0.25, -0.2) is 9.59 Å². The quantitative estimate of drug-likeness (QED) is 0.289. The zero-order valence-corrected chi connectivity index (χ0v) is 23.6. The van der Waals surface area contributed by atoms with Crippen molar-refractivity contribution >= 4 is 40.9 Å². The number of esters is 1. The van der Waals surface area contributed by atoms with Crippen molar-refractivity contribution in [3.05, 3.63) is 59.7 Å². The number of hydrogen-bond donors (Lipinski definition) is 3. The van der Waals surface area contributed by atoms with E-state index in [2.05, 4.69) is 20.7 Å². The van der Waals surface area contributed by atoms with E-state index in [9.17, 15) is 24.0 Å². The lowest BCUT2D eigenvalue weighted by Crippen LogP contribution is -2.50. The van der Waals surface area contributed by atoms with Crippen molar-refractivity contribution in [3.8, 4) is 11.1 Å². The van der Waals surface area contributed by atoms with Crippen LogP contribution in [0, 0.1) is 0 Å². The van der Waals surface area contributed by atoms with Crippen LogP contribution in [0.25, 0.3) is 11.1 Å². The van der Waals surface area contributed by atoms with Gasteiger partial charge in [0.2, 0.25) is 11.0 Å². The molecule has 0 spiro atoms. The van der Waals surface area contributed by atoms with Crippen molar-refractivity contribution < 1.29 is 38.2 Å². The standard InChI is InChI=1S/C28H33N3O8S/c1-28(2,3)39-27(36)31-22(25(34)29-13-23(32)37-4)16-40-24(33)14-30-26(35)38-15-21-19-11-7-5-9-17(19)18-10-6-8-12-20(18)21/h5-12,21-22H,13-16H2,1-4H3,(H,29,34)(H,30,35)(H,31,36)/t22-/m0/s1. The van der Waals surface area contributed by atoms with Crippen LogP contribution >= 0.6 is 11.8 Å². The molecule has 3 N–H and O–H groups in total. The van der Waals surface area contributed by atoms with Crippen LogP contribution in [0.4, 0.5) is 9.59 Å². The minimum absolute atomic E-state index is 0.101. The maximum Gasteiger partial charge on any atom is 0.408 e. The van der Waals surface area contributed by atoms with Crippen LogP contribution in [0.3, 0.4) is 0 Å². The monoisotopic (exact) mass is 571 g/mol. The van der Waals surface area contributed by atoms with E-state index in [1.807, 2.05) is 48.5 Å². The lowest BCUT2D eigenvalue weighted by atomic mass is 9.98. The van der Waals surface area contributed by atoms with Crippen molar-refractivity contribution in [1.82, 2.24) is 16.0 Å². The van der Waals surface area contributed by atoms with Crippen LogP contribution in [0.15, 0.2) is 48.5 Å². The summed E-state index contributed by atoms with van der Waals surface area (Å²) in [5.74, 6) is -1.68. The summed E-state index contributed by atoms with van der Waals surface area (Å²) in [7, 11) is 1.17. The lowest BCUT2D eigenvalue weighted by molar-refractivity contribution is -0.141. The van der Waals surface area contributed by atoms with E-state index < -0.39 is 47.4 Å². The van der Waals surface area contributed by atoms with E-state index in [0.717, 1.165) is 34.0 Å². The first-order valence-corrected chi connectivity index (χ1v) is 13.6. The number of methoxy groups -OCH3 is 1. The summed E-state index contributed by atoms with van der Waals surface area (Å²) >= 11 is 0.723. The summed E-state index contributed by atoms with van der Waals surface area (Å²) in [5, 5.41) is 6.68. The number of alkyl carbamates (subject to hydrolysis) is 2. The fourth-order valence-electron chi connectivity index (χ4n) is 4.01. The molecule has 12 heteroatoms. The van der Waals surface area contributed by atoms with Crippen molar-refractivity contribution in [1.29, 1.82) is 0 Å². The zero-order chi connectivity index (χ0) is 29.3. The van der Waals surface area contributed by atoms with Crippen molar-refractivity contribution in [3.63, 3.8) is 0 Å². The van der Waals surface area contributed by atoms with E-state index in [0.29, 0.717) is 0 Å².